The molecule has 2 aromatic heterocycles. The van der Waals surface area contributed by atoms with E-state index in [9.17, 15) is 4.79 Å². The van der Waals surface area contributed by atoms with Gasteiger partial charge in [-0.15, -0.1) is 0 Å². The minimum Gasteiger partial charge on any atom is -0.462 e. The summed E-state index contributed by atoms with van der Waals surface area (Å²) >= 11 is 3.16. The number of nitrogens with zero attached hydrogens (tertiary/aromatic N) is 2. The normalized spacial score (nSPS) is 11.3. The van der Waals surface area contributed by atoms with Gasteiger partial charge in [-0.05, 0) is 22.0 Å². The molecule has 0 aliphatic heterocycles. The van der Waals surface area contributed by atoms with E-state index in [0.29, 0.717) is 15.6 Å². The van der Waals surface area contributed by atoms with Crippen LogP contribution in [-0.4, -0.2) is 16.4 Å². The third-order valence-electron chi connectivity index (χ3n) is 1.85. The van der Waals surface area contributed by atoms with E-state index in [1.54, 1.807) is 6.07 Å². The first-order chi connectivity index (χ1) is 7.22. The number of aromatic nitrogens is 1. The molecule has 0 atom stereocenters. The Morgan fingerprint density at radius 1 is 1.60 bits per heavy atom. The Morgan fingerprint density at radius 3 is 3.13 bits per heavy atom. The zero-order valence-corrected chi connectivity index (χ0v) is 8.93. The first-order valence-electron chi connectivity index (χ1n) is 3.97. The Labute approximate surface area is 92.2 Å². The van der Waals surface area contributed by atoms with Gasteiger partial charge in [0.25, 0.3) is 0 Å². The second kappa shape index (κ2) is 3.82. The second-order valence-corrected chi connectivity index (χ2v) is 3.58. The highest BCUT2D eigenvalue weighted by Gasteiger charge is 2.06. The van der Waals surface area contributed by atoms with E-state index >= 15 is 0 Å². The quantitative estimate of drug-likeness (QED) is 0.370. The van der Waals surface area contributed by atoms with Crippen molar-refractivity contribution in [3.63, 3.8) is 0 Å². The molecular formula is C9H5BrN2O3. The zero-order valence-electron chi connectivity index (χ0n) is 7.35. The van der Waals surface area contributed by atoms with Crippen LogP contribution in [0.15, 0.2) is 37.5 Å². The predicted molar refractivity (Wildman–Crippen MR) is 57.4 cm³/mol. The van der Waals surface area contributed by atoms with Crippen LogP contribution in [0.4, 0.5) is 0 Å². The maximum atomic E-state index is 11.8. The van der Waals surface area contributed by atoms with Crippen LogP contribution in [0.5, 0.6) is 0 Å². The van der Waals surface area contributed by atoms with Gasteiger partial charge in [-0.25, -0.2) is 4.98 Å². The standard InChI is InChI=1S/C9H5BrN2O3/c10-8-1-6-7(3-11-8)15-4-5(2-12-14)9(6)13/h1-4,14H. The molecule has 0 aromatic carbocycles. The Morgan fingerprint density at radius 2 is 2.40 bits per heavy atom. The van der Waals surface area contributed by atoms with Crippen molar-refractivity contribution >= 4 is 33.1 Å². The zero-order chi connectivity index (χ0) is 10.8. The molecule has 0 saturated heterocycles. The minimum absolute atomic E-state index is 0.183. The van der Waals surface area contributed by atoms with Crippen LogP contribution in [0.25, 0.3) is 11.0 Å². The molecule has 76 valence electrons. The molecule has 2 aromatic rings. The van der Waals surface area contributed by atoms with E-state index in [2.05, 4.69) is 26.1 Å². The van der Waals surface area contributed by atoms with Crippen LogP contribution in [-0.2, 0) is 0 Å². The molecule has 2 heterocycles. The van der Waals surface area contributed by atoms with E-state index < -0.39 is 0 Å². The molecule has 0 radical (unpaired) electrons. The minimum atomic E-state index is -0.267. The first kappa shape index (κ1) is 9.85. The fourth-order valence-electron chi connectivity index (χ4n) is 1.18. The highest BCUT2D eigenvalue weighted by molar-refractivity contribution is 9.10. The van der Waals surface area contributed by atoms with Crippen molar-refractivity contribution in [2.75, 3.05) is 0 Å². The van der Waals surface area contributed by atoms with Crippen LogP contribution < -0.4 is 5.43 Å². The Hall–Kier alpha value is -1.69. The molecule has 0 unspecified atom stereocenters. The summed E-state index contributed by atoms with van der Waals surface area (Å²) < 4.78 is 5.69. The largest absolute Gasteiger partial charge is 0.462 e. The molecule has 0 spiro atoms. The lowest BCUT2D eigenvalue weighted by Gasteiger charge is -1.97. The van der Waals surface area contributed by atoms with Gasteiger partial charge in [-0.1, -0.05) is 5.16 Å². The van der Waals surface area contributed by atoms with Gasteiger partial charge in [0.2, 0.25) is 5.43 Å². The Bertz CT molecular complexity index is 591. The number of rotatable bonds is 1. The van der Waals surface area contributed by atoms with Crippen molar-refractivity contribution < 1.29 is 9.62 Å². The molecule has 1 N–H and O–H groups in total. The summed E-state index contributed by atoms with van der Waals surface area (Å²) in [6, 6.07) is 1.55. The maximum Gasteiger partial charge on any atom is 0.201 e. The summed E-state index contributed by atoms with van der Waals surface area (Å²) in [6.45, 7) is 0. The number of fused-ring (bicyclic) bond motifs is 1. The summed E-state index contributed by atoms with van der Waals surface area (Å²) in [7, 11) is 0. The van der Waals surface area contributed by atoms with Gasteiger partial charge in [0.05, 0.1) is 23.4 Å². The van der Waals surface area contributed by atoms with E-state index in [1.807, 2.05) is 0 Å². The van der Waals surface area contributed by atoms with Gasteiger partial charge in [-0.2, -0.15) is 0 Å². The van der Waals surface area contributed by atoms with Crippen molar-refractivity contribution in [2.24, 2.45) is 5.16 Å². The van der Waals surface area contributed by atoms with Gasteiger partial charge < -0.3 is 9.62 Å². The summed E-state index contributed by atoms with van der Waals surface area (Å²) in [4.78, 5) is 15.7. The fourth-order valence-corrected chi connectivity index (χ4v) is 1.51. The fraction of sp³-hybridized carbons (Fsp3) is 0. The molecule has 0 amide bonds. The number of halogens is 1. The van der Waals surface area contributed by atoms with Gasteiger partial charge in [-0.3, -0.25) is 4.79 Å². The monoisotopic (exact) mass is 268 g/mol. The molecule has 0 aliphatic rings. The van der Waals surface area contributed by atoms with Crippen molar-refractivity contribution in [3.8, 4) is 0 Å². The third kappa shape index (κ3) is 1.75. The van der Waals surface area contributed by atoms with Crippen LogP contribution in [0.3, 0.4) is 0 Å². The average Bonchev–Trinajstić information content (AvgIpc) is 2.23. The molecule has 2 rings (SSSR count). The predicted octanol–water partition coefficient (Wildman–Crippen LogP) is 1.76. The van der Waals surface area contributed by atoms with Gasteiger partial charge in [0, 0.05) is 0 Å². The Kier molecular flexibility index (Phi) is 2.51. The molecule has 0 bridgehead atoms. The van der Waals surface area contributed by atoms with Crippen LogP contribution in [0.2, 0.25) is 0 Å². The molecule has 5 nitrogen and oxygen atoms in total. The van der Waals surface area contributed by atoms with E-state index in [4.69, 9.17) is 9.62 Å². The van der Waals surface area contributed by atoms with E-state index in [0.717, 1.165) is 6.21 Å². The Balaban J connectivity index is 2.83. The lowest BCUT2D eigenvalue weighted by molar-refractivity contribution is 0.321. The molecular weight excluding hydrogens is 264 g/mol. The van der Waals surface area contributed by atoms with Gasteiger partial charge in [0.1, 0.15) is 10.9 Å². The van der Waals surface area contributed by atoms with E-state index in [-0.39, 0.29) is 11.0 Å². The summed E-state index contributed by atoms with van der Waals surface area (Å²) in [5.74, 6) is 0. The summed E-state index contributed by atoms with van der Waals surface area (Å²) in [5.41, 5.74) is 0.304. The average molecular weight is 269 g/mol. The topological polar surface area (TPSA) is 75.7 Å². The summed E-state index contributed by atoms with van der Waals surface area (Å²) in [5, 5.41) is 11.5. The number of hydrogen-bond donors (Lipinski definition) is 1. The second-order valence-electron chi connectivity index (χ2n) is 2.77. The van der Waals surface area contributed by atoms with Crippen LogP contribution >= 0.6 is 15.9 Å². The van der Waals surface area contributed by atoms with E-state index in [1.165, 1.54) is 12.5 Å². The van der Waals surface area contributed by atoms with Crippen LogP contribution in [0.1, 0.15) is 5.56 Å². The first-order valence-corrected chi connectivity index (χ1v) is 4.76. The lowest BCUT2D eigenvalue weighted by Crippen LogP contribution is -2.08. The highest BCUT2D eigenvalue weighted by atomic mass is 79.9. The van der Waals surface area contributed by atoms with Crippen LogP contribution in [0, 0.1) is 0 Å². The highest BCUT2D eigenvalue weighted by Crippen LogP contribution is 2.14. The van der Waals surface area contributed by atoms with Crippen molar-refractivity contribution in [1.29, 1.82) is 0 Å². The maximum absolute atomic E-state index is 11.8. The smallest absolute Gasteiger partial charge is 0.201 e. The number of pyridine rings is 1. The number of oxime groups is 1. The summed E-state index contributed by atoms with van der Waals surface area (Å²) in [6.07, 6.45) is 3.69. The molecule has 6 heteroatoms. The molecule has 0 fully saturated rings. The van der Waals surface area contributed by atoms with Crippen molar-refractivity contribution in [3.05, 3.63) is 38.9 Å². The third-order valence-corrected chi connectivity index (χ3v) is 2.28. The lowest BCUT2D eigenvalue weighted by atomic mass is 10.2. The van der Waals surface area contributed by atoms with Gasteiger partial charge >= 0.3 is 0 Å². The van der Waals surface area contributed by atoms with Crippen molar-refractivity contribution in [2.45, 2.75) is 0 Å². The van der Waals surface area contributed by atoms with Crippen molar-refractivity contribution in [1.82, 2.24) is 4.98 Å². The molecule has 0 saturated carbocycles. The molecule has 15 heavy (non-hydrogen) atoms. The molecule has 0 aliphatic carbocycles. The SMILES string of the molecule is O=c1c(C=NO)coc2cnc(Br)cc12. The van der Waals surface area contributed by atoms with Gasteiger partial charge in [0.15, 0.2) is 5.58 Å². The number of hydrogen-bond acceptors (Lipinski definition) is 5.